The maximum atomic E-state index is 10.8. The second-order valence-electron chi connectivity index (χ2n) is 5.80. The van der Waals surface area contributed by atoms with Gasteiger partial charge in [0.25, 0.3) is 0 Å². The molecule has 4 atom stereocenters. The van der Waals surface area contributed by atoms with Gasteiger partial charge >= 0.3 is 7.82 Å². The zero-order valence-electron chi connectivity index (χ0n) is 13.3. The highest BCUT2D eigenvalue weighted by Gasteiger charge is 2.45. The van der Waals surface area contributed by atoms with Gasteiger partial charge in [-0.25, -0.2) is 4.57 Å². The molecule has 0 saturated carbocycles. The molecule has 1 heterocycles. The van der Waals surface area contributed by atoms with Crippen LogP contribution >= 0.6 is 7.82 Å². The summed E-state index contributed by atoms with van der Waals surface area (Å²) in [4.78, 5) is 17.6. The Labute approximate surface area is 143 Å². The summed E-state index contributed by atoms with van der Waals surface area (Å²) in [7, 11) is -3.22. The minimum Gasteiger partial charge on any atom is -0.496 e. The Morgan fingerprint density at radius 3 is 2.36 bits per heavy atom. The third-order valence-corrected chi connectivity index (χ3v) is 4.66. The van der Waals surface area contributed by atoms with Crippen molar-refractivity contribution in [3.05, 3.63) is 42.0 Å². The first kappa shape index (κ1) is 18.3. The molecule has 0 unspecified atom stereocenters. The number of hydrogen-bond acceptors (Lipinski definition) is 6. The summed E-state index contributed by atoms with van der Waals surface area (Å²) in [6.45, 7) is -0.547. The van der Waals surface area contributed by atoms with E-state index < -0.39 is 38.8 Å². The molecule has 0 radical (unpaired) electrons. The summed E-state index contributed by atoms with van der Waals surface area (Å²) in [5.41, 5.74) is 0.534. The number of methoxy groups -OCH3 is 1. The van der Waals surface area contributed by atoms with Crippen LogP contribution in [-0.2, 0) is 13.8 Å². The third-order valence-electron chi connectivity index (χ3n) is 4.17. The minimum atomic E-state index is -4.70. The first-order valence-corrected chi connectivity index (χ1v) is 9.11. The van der Waals surface area contributed by atoms with Crippen molar-refractivity contribution in [1.82, 2.24) is 0 Å². The summed E-state index contributed by atoms with van der Waals surface area (Å²) in [6.07, 6.45) is -4.64. The second kappa shape index (κ2) is 7.01. The number of rotatable bonds is 5. The van der Waals surface area contributed by atoms with Crippen molar-refractivity contribution in [3.8, 4) is 5.75 Å². The molecule has 2 aromatic rings. The lowest BCUT2D eigenvalue weighted by Gasteiger charge is -2.19. The van der Waals surface area contributed by atoms with E-state index in [1.54, 1.807) is 12.1 Å². The fourth-order valence-electron chi connectivity index (χ4n) is 2.95. The number of aliphatic hydroxyl groups is 2. The number of phosphoric acid groups is 1. The quantitative estimate of drug-likeness (QED) is 0.577. The summed E-state index contributed by atoms with van der Waals surface area (Å²) >= 11 is 0. The van der Waals surface area contributed by atoms with E-state index in [0.717, 1.165) is 10.8 Å². The molecule has 4 N–H and O–H groups in total. The fraction of sp³-hybridized carbons (Fsp3) is 0.375. The molecule has 1 aliphatic rings. The first-order chi connectivity index (χ1) is 11.8. The summed E-state index contributed by atoms with van der Waals surface area (Å²) in [6, 6.07) is 11.2. The van der Waals surface area contributed by atoms with Crippen molar-refractivity contribution in [2.45, 2.75) is 24.4 Å². The van der Waals surface area contributed by atoms with Crippen LogP contribution in [0.1, 0.15) is 11.7 Å². The molecule has 0 bridgehead atoms. The summed E-state index contributed by atoms with van der Waals surface area (Å²) in [5.74, 6) is 0.478. The average molecular weight is 370 g/mol. The number of hydrogen-bond donors (Lipinski definition) is 4. The number of benzene rings is 2. The van der Waals surface area contributed by atoms with Gasteiger partial charge in [-0.3, -0.25) is 4.52 Å². The van der Waals surface area contributed by atoms with Crippen molar-refractivity contribution in [3.63, 3.8) is 0 Å². The minimum absolute atomic E-state index is 0.478. The molecule has 136 valence electrons. The molecule has 25 heavy (non-hydrogen) atoms. The van der Waals surface area contributed by atoms with E-state index >= 15 is 0 Å². The molecular formula is C16H19O8P. The van der Waals surface area contributed by atoms with E-state index in [2.05, 4.69) is 4.52 Å². The molecule has 2 aromatic carbocycles. The van der Waals surface area contributed by atoms with Crippen LogP contribution in [-0.4, -0.2) is 52.0 Å². The molecule has 3 rings (SSSR count). The molecule has 0 aliphatic carbocycles. The maximum Gasteiger partial charge on any atom is 0.469 e. The predicted octanol–water partition coefficient (Wildman–Crippen LogP) is 1.12. The van der Waals surface area contributed by atoms with Gasteiger partial charge in [-0.05, 0) is 22.9 Å². The number of fused-ring (bicyclic) bond motifs is 1. The molecule has 9 heteroatoms. The van der Waals surface area contributed by atoms with E-state index in [0.29, 0.717) is 11.3 Å². The van der Waals surface area contributed by atoms with Crippen LogP contribution in [0.5, 0.6) is 5.75 Å². The SMILES string of the molecule is COc1cc2ccccc2cc1[C@@H]1O[C@H](COP(=O)(O)O)[C@@H](O)[C@H]1O. The molecule has 1 saturated heterocycles. The van der Waals surface area contributed by atoms with Gasteiger partial charge in [0.2, 0.25) is 0 Å². The zero-order valence-corrected chi connectivity index (χ0v) is 14.2. The lowest BCUT2D eigenvalue weighted by molar-refractivity contribution is -0.0228. The van der Waals surface area contributed by atoms with E-state index in [9.17, 15) is 14.8 Å². The van der Waals surface area contributed by atoms with Crippen molar-refractivity contribution < 1.29 is 38.6 Å². The van der Waals surface area contributed by atoms with Crippen LogP contribution in [0.2, 0.25) is 0 Å². The molecule has 1 fully saturated rings. The predicted molar refractivity (Wildman–Crippen MR) is 88.1 cm³/mol. The van der Waals surface area contributed by atoms with Crippen LogP contribution in [0.3, 0.4) is 0 Å². The molecule has 0 aromatic heterocycles. The zero-order chi connectivity index (χ0) is 18.2. The first-order valence-electron chi connectivity index (χ1n) is 7.58. The molecular weight excluding hydrogens is 351 g/mol. The Morgan fingerprint density at radius 2 is 1.76 bits per heavy atom. The average Bonchev–Trinajstić information content (AvgIpc) is 2.86. The van der Waals surface area contributed by atoms with E-state index in [1.807, 2.05) is 24.3 Å². The maximum absolute atomic E-state index is 10.8. The third kappa shape index (κ3) is 3.86. The second-order valence-corrected chi connectivity index (χ2v) is 7.04. The van der Waals surface area contributed by atoms with Crippen LogP contribution in [0, 0.1) is 0 Å². The van der Waals surface area contributed by atoms with Gasteiger partial charge in [0.15, 0.2) is 0 Å². The van der Waals surface area contributed by atoms with Crippen molar-refractivity contribution in [1.29, 1.82) is 0 Å². The van der Waals surface area contributed by atoms with Gasteiger partial charge in [-0.1, -0.05) is 24.3 Å². The summed E-state index contributed by atoms with van der Waals surface area (Å²) in [5, 5.41) is 22.3. The molecule has 1 aliphatic heterocycles. The number of ether oxygens (including phenoxy) is 2. The Kier molecular flexibility index (Phi) is 5.13. The number of aliphatic hydroxyl groups excluding tert-OH is 2. The Bertz CT molecular complexity index is 804. The number of phosphoric ester groups is 1. The smallest absolute Gasteiger partial charge is 0.469 e. The Balaban J connectivity index is 1.90. The van der Waals surface area contributed by atoms with Crippen molar-refractivity contribution >= 4 is 18.6 Å². The Hall–Kier alpha value is -1.51. The summed E-state index contributed by atoms with van der Waals surface area (Å²) < 4.78 is 26.2. The van der Waals surface area contributed by atoms with E-state index in [1.165, 1.54) is 7.11 Å². The Morgan fingerprint density at radius 1 is 1.12 bits per heavy atom. The van der Waals surface area contributed by atoms with Gasteiger partial charge in [0.1, 0.15) is 30.2 Å². The molecule has 8 nitrogen and oxygen atoms in total. The normalized spacial score (nSPS) is 26.9. The van der Waals surface area contributed by atoms with E-state index in [4.69, 9.17) is 19.3 Å². The van der Waals surface area contributed by atoms with Crippen LogP contribution in [0.15, 0.2) is 36.4 Å². The van der Waals surface area contributed by atoms with Gasteiger partial charge in [-0.15, -0.1) is 0 Å². The highest BCUT2D eigenvalue weighted by molar-refractivity contribution is 7.46. The lowest BCUT2D eigenvalue weighted by Crippen LogP contribution is -2.33. The van der Waals surface area contributed by atoms with Crippen LogP contribution < -0.4 is 4.74 Å². The van der Waals surface area contributed by atoms with Crippen molar-refractivity contribution in [2.24, 2.45) is 0 Å². The highest BCUT2D eigenvalue weighted by atomic mass is 31.2. The van der Waals surface area contributed by atoms with Gasteiger partial charge in [0, 0.05) is 5.56 Å². The van der Waals surface area contributed by atoms with E-state index in [-0.39, 0.29) is 0 Å². The van der Waals surface area contributed by atoms with Crippen molar-refractivity contribution in [2.75, 3.05) is 13.7 Å². The fourth-order valence-corrected chi connectivity index (χ4v) is 3.29. The molecule has 0 spiro atoms. The standard InChI is InChI=1S/C16H19O8P/c1-22-12-7-10-5-3-2-4-9(10)6-11(12)16-15(18)14(17)13(24-16)8-23-25(19,20)21/h2-7,13-18H,8H2,1H3,(H2,19,20,21)/t13-,14-,15-,16+/m1/s1. The molecule has 0 amide bonds. The van der Waals surface area contributed by atoms with Crippen LogP contribution in [0.4, 0.5) is 0 Å². The van der Waals surface area contributed by atoms with Crippen LogP contribution in [0.25, 0.3) is 10.8 Å². The topological polar surface area (TPSA) is 126 Å². The largest absolute Gasteiger partial charge is 0.496 e. The highest BCUT2D eigenvalue weighted by Crippen LogP contribution is 2.42. The monoisotopic (exact) mass is 370 g/mol. The van der Waals surface area contributed by atoms with Gasteiger partial charge in [0.05, 0.1) is 13.7 Å². The van der Waals surface area contributed by atoms with Gasteiger partial charge < -0.3 is 29.5 Å². The van der Waals surface area contributed by atoms with Gasteiger partial charge in [-0.2, -0.15) is 0 Å². The lowest BCUT2D eigenvalue weighted by atomic mass is 9.97.